The lowest BCUT2D eigenvalue weighted by Gasteiger charge is -2.20. The number of nitrogens with zero attached hydrogens (tertiary/aromatic N) is 1. The second-order valence-electron chi connectivity index (χ2n) is 5.52. The summed E-state index contributed by atoms with van der Waals surface area (Å²) in [5, 5.41) is 0. The number of aromatic nitrogens is 1. The van der Waals surface area contributed by atoms with Crippen molar-refractivity contribution in [3.63, 3.8) is 0 Å². The smallest absolute Gasteiger partial charge is 0.0303 e. The Morgan fingerprint density at radius 1 is 1.06 bits per heavy atom. The van der Waals surface area contributed by atoms with Gasteiger partial charge in [-0.15, -0.1) is 0 Å². The van der Waals surface area contributed by atoms with Gasteiger partial charge in [0, 0.05) is 12.4 Å². The molecule has 0 aliphatic rings. The highest BCUT2D eigenvalue weighted by molar-refractivity contribution is 5.67. The Kier molecular flexibility index (Phi) is 3.01. The summed E-state index contributed by atoms with van der Waals surface area (Å²) in [7, 11) is 0. The molecule has 0 N–H and O–H groups in total. The Labute approximate surface area is 104 Å². The third-order valence-electron chi connectivity index (χ3n) is 3.06. The summed E-state index contributed by atoms with van der Waals surface area (Å²) < 4.78 is 0. The van der Waals surface area contributed by atoms with Crippen LogP contribution in [0.4, 0.5) is 0 Å². The van der Waals surface area contributed by atoms with Gasteiger partial charge in [0.25, 0.3) is 0 Å². The van der Waals surface area contributed by atoms with Gasteiger partial charge < -0.3 is 0 Å². The third-order valence-corrected chi connectivity index (χ3v) is 3.06. The van der Waals surface area contributed by atoms with E-state index in [1.165, 1.54) is 22.3 Å². The molecule has 0 aliphatic heterocycles. The van der Waals surface area contributed by atoms with Crippen molar-refractivity contribution in [2.45, 2.75) is 33.1 Å². The fraction of sp³-hybridized carbons (Fsp3) is 0.312. The molecule has 1 nitrogen and oxygen atoms in total. The Bertz CT molecular complexity index is 521. The molecule has 0 saturated carbocycles. The van der Waals surface area contributed by atoms with Gasteiger partial charge in [-0.1, -0.05) is 45.0 Å². The van der Waals surface area contributed by atoms with E-state index in [4.69, 9.17) is 0 Å². The molecule has 2 rings (SSSR count). The molecule has 1 aromatic carbocycles. The third kappa shape index (κ3) is 2.55. The van der Waals surface area contributed by atoms with Crippen LogP contribution in [0.5, 0.6) is 0 Å². The van der Waals surface area contributed by atoms with E-state index in [1.807, 2.05) is 12.4 Å². The zero-order valence-electron chi connectivity index (χ0n) is 11.0. The Morgan fingerprint density at radius 2 is 1.82 bits per heavy atom. The zero-order valence-corrected chi connectivity index (χ0v) is 11.0. The first-order chi connectivity index (χ1) is 7.98. The van der Waals surface area contributed by atoms with Gasteiger partial charge in [-0.3, -0.25) is 4.98 Å². The fourth-order valence-electron chi connectivity index (χ4n) is 1.95. The maximum Gasteiger partial charge on any atom is 0.0303 e. The maximum atomic E-state index is 4.14. The van der Waals surface area contributed by atoms with Crippen LogP contribution in [0.25, 0.3) is 11.1 Å². The largest absolute Gasteiger partial charge is 0.264 e. The van der Waals surface area contributed by atoms with E-state index in [0.29, 0.717) is 0 Å². The van der Waals surface area contributed by atoms with Gasteiger partial charge in [0.2, 0.25) is 0 Å². The highest BCUT2D eigenvalue weighted by atomic mass is 14.6. The van der Waals surface area contributed by atoms with Gasteiger partial charge in [0.05, 0.1) is 0 Å². The van der Waals surface area contributed by atoms with Crippen molar-refractivity contribution in [1.82, 2.24) is 4.98 Å². The molecule has 0 unspecified atom stereocenters. The van der Waals surface area contributed by atoms with Crippen LogP contribution in [0.3, 0.4) is 0 Å². The molecule has 0 aliphatic carbocycles. The van der Waals surface area contributed by atoms with Crippen LogP contribution in [0, 0.1) is 6.92 Å². The molecule has 0 saturated heterocycles. The lowest BCUT2D eigenvalue weighted by Crippen LogP contribution is -2.10. The van der Waals surface area contributed by atoms with E-state index in [2.05, 4.69) is 63.0 Å². The van der Waals surface area contributed by atoms with E-state index in [-0.39, 0.29) is 5.41 Å². The molecule has 88 valence electrons. The molecule has 0 bridgehead atoms. The monoisotopic (exact) mass is 225 g/mol. The number of benzene rings is 1. The van der Waals surface area contributed by atoms with Crippen LogP contribution >= 0.6 is 0 Å². The maximum absolute atomic E-state index is 4.14. The SMILES string of the molecule is Cc1cnccc1-c1cccc(C(C)(C)C)c1. The standard InChI is InChI=1S/C16H19N/c1-12-11-17-9-8-15(12)13-6-5-7-14(10-13)16(2,3)4/h5-11H,1-4H3. The van der Waals surface area contributed by atoms with E-state index in [0.717, 1.165) is 0 Å². The number of rotatable bonds is 1. The normalized spacial score (nSPS) is 11.5. The van der Waals surface area contributed by atoms with Gasteiger partial charge in [-0.25, -0.2) is 0 Å². The van der Waals surface area contributed by atoms with Crippen molar-refractivity contribution in [1.29, 1.82) is 0 Å². The van der Waals surface area contributed by atoms with Crippen molar-refractivity contribution in [3.05, 3.63) is 53.9 Å². The first kappa shape index (κ1) is 11.8. The second kappa shape index (κ2) is 4.33. The molecule has 0 spiro atoms. The fourth-order valence-corrected chi connectivity index (χ4v) is 1.95. The zero-order chi connectivity index (χ0) is 12.5. The second-order valence-corrected chi connectivity index (χ2v) is 5.52. The summed E-state index contributed by atoms with van der Waals surface area (Å²) in [6.07, 6.45) is 3.77. The van der Waals surface area contributed by atoms with Gasteiger partial charge in [0.1, 0.15) is 0 Å². The van der Waals surface area contributed by atoms with Gasteiger partial charge in [-0.05, 0) is 40.7 Å². The lowest BCUT2D eigenvalue weighted by atomic mass is 9.85. The first-order valence-electron chi connectivity index (χ1n) is 6.00. The molecule has 0 amide bonds. The summed E-state index contributed by atoms with van der Waals surface area (Å²) in [6, 6.07) is 10.9. The molecule has 1 aromatic heterocycles. The van der Waals surface area contributed by atoms with E-state index >= 15 is 0 Å². The summed E-state index contributed by atoms with van der Waals surface area (Å²) in [5.74, 6) is 0. The highest BCUT2D eigenvalue weighted by Crippen LogP contribution is 2.28. The molecule has 1 heteroatoms. The highest BCUT2D eigenvalue weighted by Gasteiger charge is 2.14. The number of pyridine rings is 1. The van der Waals surface area contributed by atoms with E-state index in [9.17, 15) is 0 Å². The number of hydrogen-bond acceptors (Lipinski definition) is 1. The van der Waals surface area contributed by atoms with Crippen molar-refractivity contribution in [2.24, 2.45) is 0 Å². The average Bonchev–Trinajstić information content (AvgIpc) is 2.29. The average molecular weight is 225 g/mol. The summed E-state index contributed by atoms with van der Waals surface area (Å²) >= 11 is 0. The number of hydrogen-bond donors (Lipinski definition) is 0. The van der Waals surface area contributed by atoms with Crippen molar-refractivity contribution < 1.29 is 0 Å². The molecule has 17 heavy (non-hydrogen) atoms. The van der Waals surface area contributed by atoms with Crippen molar-refractivity contribution in [3.8, 4) is 11.1 Å². The van der Waals surface area contributed by atoms with Crippen LogP contribution in [0.15, 0.2) is 42.7 Å². The number of aryl methyl sites for hydroxylation is 1. The van der Waals surface area contributed by atoms with Crippen molar-refractivity contribution in [2.75, 3.05) is 0 Å². The van der Waals surface area contributed by atoms with Gasteiger partial charge in [-0.2, -0.15) is 0 Å². The Balaban J connectivity index is 2.51. The minimum Gasteiger partial charge on any atom is -0.264 e. The minimum atomic E-state index is 0.191. The predicted octanol–water partition coefficient (Wildman–Crippen LogP) is 4.35. The lowest BCUT2D eigenvalue weighted by molar-refractivity contribution is 0.590. The Hall–Kier alpha value is -1.63. The minimum absolute atomic E-state index is 0.191. The van der Waals surface area contributed by atoms with Gasteiger partial charge in [0.15, 0.2) is 0 Å². The molecule has 2 aromatic rings. The van der Waals surface area contributed by atoms with Crippen LogP contribution in [-0.2, 0) is 5.41 Å². The molecular weight excluding hydrogens is 206 g/mol. The van der Waals surface area contributed by atoms with Crippen LogP contribution in [-0.4, -0.2) is 4.98 Å². The summed E-state index contributed by atoms with van der Waals surface area (Å²) in [4.78, 5) is 4.14. The van der Waals surface area contributed by atoms with Gasteiger partial charge >= 0.3 is 0 Å². The molecule has 0 atom stereocenters. The predicted molar refractivity (Wildman–Crippen MR) is 73.1 cm³/mol. The summed E-state index contributed by atoms with van der Waals surface area (Å²) in [6.45, 7) is 8.83. The topological polar surface area (TPSA) is 12.9 Å². The molecule has 1 heterocycles. The molecule has 0 fully saturated rings. The Morgan fingerprint density at radius 3 is 2.47 bits per heavy atom. The van der Waals surface area contributed by atoms with Crippen molar-refractivity contribution >= 4 is 0 Å². The molecular formula is C16H19N. The van der Waals surface area contributed by atoms with E-state index < -0.39 is 0 Å². The van der Waals surface area contributed by atoms with Crippen LogP contribution in [0.1, 0.15) is 31.9 Å². The van der Waals surface area contributed by atoms with E-state index in [1.54, 1.807) is 0 Å². The molecule has 0 radical (unpaired) electrons. The van der Waals surface area contributed by atoms with Crippen LogP contribution in [0.2, 0.25) is 0 Å². The van der Waals surface area contributed by atoms with Crippen LogP contribution < -0.4 is 0 Å². The first-order valence-corrected chi connectivity index (χ1v) is 6.00. The quantitative estimate of drug-likeness (QED) is 0.703. The summed E-state index contributed by atoms with van der Waals surface area (Å²) in [5.41, 5.74) is 5.32.